The van der Waals surface area contributed by atoms with Gasteiger partial charge in [0.1, 0.15) is 6.04 Å². The van der Waals surface area contributed by atoms with E-state index in [0.29, 0.717) is 37.2 Å². The molecule has 0 bridgehead atoms. The fourth-order valence-electron chi connectivity index (χ4n) is 4.89. The SMILES string of the molecule is CCN1CCN([C@@H](C(=O)O)c2c[nH]c3cc(NC(=O)[C@@H]4CC=CC[C@@H]4C(=O)O)ccc23)CC1. The molecule has 9 nitrogen and oxygen atoms in total. The summed E-state index contributed by atoms with van der Waals surface area (Å²) in [5.41, 5.74) is 1.96. The Morgan fingerprint density at radius 3 is 2.42 bits per heavy atom. The van der Waals surface area contributed by atoms with Crippen molar-refractivity contribution in [3.05, 3.63) is 42.1 Å². The van der Waals surface area contributed by atoms with Crippen molar-refractivity contribution in [1.29, 1.82) is 0 Å². The highest BCUT2D eigenvalue weighted by Gasteiger charge is 2.34. The summed E-state index contributed by atoms with van der Waals surface area (Å²) in [5.74, 6) is -3.54. The second-order valence-corrected chi connectivity index (χ2v) is 8.70. The topological polar surface area (TPSA) is 126 Å². The molecule has 1 aliphatic heterocycles. The number of piperazine rings is 1. The van der Waals surface area contributed by atoms with E-state index in [1.165, 1.54) is 0 Å². The van der Waals surface area contributed by atoms with Crippen molar-refractivity contribution >= 4 is 34.4 Å². The third-order valence-electron chi connectivity index (χ3n) is 6.82. The number of hydrogen-bond donors (Lipinski definition) is 4. The number of carboxylic acids is 2. The molecule has 0 spiro atoms. The van der Waals surface area contributed by atoms with Crippen molar-refractivity contribution in [2.75, 3.05) is 38.0 Å². The van der Waals surface area contributed by atoms with Crippen LogP contribution in [-0.4, -0.2) is 75.6 Å². The molecule has 176 valence electrons. The average Bonchev–Trinajstić information content (AvgIpc) is 3.22. The summed E-state index contributed by atoms with van der Waals surface area (Å²) >= 11 is 0. The Morgan fingerprint density at radius 1 is 1.09 bits per heavy atom. The van der Waals surface area contributed by atoms with Crippen LogP contribution in [-0.2, 0) is 14.4 Å². The van der Waals surface area contributed by atoms with Crippen LogP contribution in [0.1, 0.15) is 31.4 Å². The highest BCUT2D eigenvalue weighted by atomic mass is 16.4. The number of carboxylic acid groups (broad SMARTS) is 2. The van der Waals surface area contributed by atoms with Crippen molar-refractivity contribution in [2.24, 2.45) is 11.8 Å². The van der Waals surface area contributed by atoms with Crippen molar-refractivity contribution in [3.8, 4) is 0 Å². The summed E-state index contributed by atoms with van der Waals surface area (Å²) in [6.07, 6.45) is 6.11. The number of aromatic amines is 1. The van der Waals surface area contributed by atoms with Gasteiger partial charge in [-0.15, -0.1) is 0 Å². The lowest BCUT2D eigenvalue weighted by molar-refractivity contribution is -0.146. The van der Waals surface area contributed by atoms with E-state index in [1.54, 1.807) is 24.4 Å². The Hall–Kier alpha value is -3.17. The minimum atomic E-state index is -0.969. The van der Waals surface area contributed by atoms with Crippen molar-refractivity contribution in [2.45, 2.75) is 25.8 Å². The van der Waals surface area contributed by atoms with E-state index in [1.807, 2.05) is 17.0 Å². The number of carbonyl (C=O) groups is 3. The molecule has 0 unspecified atom stereocenters. The molecule has 4 N–H and O–H groups in total. The van der Waals surface area contributed by atoms with Crippen LogP contribution >= 0.6 is 0 Å². The summed E-state index contributed by atoms with van der Waals surface area (Å²) < 4.78 is 0. The average molecular weight is 455 g/mol. The molecule has 2 heterocycles. The number of carbonyl (C=O) groups excluding carboxylic acids is 1. The van der Waals surface area contributed by atoms with Gasteiger partial charge >= 0.3 is 11.9 Å². The molecule has 0 saturated carbocycles. The van der Waals surface area contributed by atoms with Gasteiger partial charge in [-0.3, -0.25) is 19.3 Å². The number of aromatic nitrogens is 1. The number of allylic oxidation sites excluding steroid dienone is 2. The first-order valence-corrected chi connectivity index (χ1v) is 11.4. The molecular weight excluding hydrogens is 424 g/mol. The zero-order chi connectivity index (χ0) is 23.5. The number of nitrogens with zero attached hydrogens (tertiary/aromatic N) is 2. The second-order valence-electron chi connectivity index (χ2n) is 8.70. The van der Waals surface area contributed by atoms with Gasteiger partial charge in [0.25, 0.3) is 0 Å². The Bertz CT molecular complexity index is 1070. The molecule has 2 aromatic rings. The van der Waals surface area contributed by atoms with Gasteiger partial charge in [0.2, 0.25) is 5.91 Å². The minimum Gasteiger partial charge on any atom is -0.481 e. The monoisotopic (exact) mass is 454 g/mol. The first-order chi connectivity index (χ1) is 15.9. The molecule has 33 heavy (non-hydrogen) atoms. The molecule has 0 radical (unpaired) electrons. The van der Waals surface area contributed by atoms with Crippen molar-refractivity contribution in [3.63, 3.8) is 0 Å². The highest BCUT2D eigenvalue weighted by molar-refractivity contribution is 5.98. The Kier molecular flexibility index (Phi) is 6.80. The maximum atomic E-state index is 12.8. The van der Waals surface area contributed by atoms with E-state index >= 15 is 0 Å². The van der Waals surface area contributed by atoms with E-state index in [-0.39, 0.29) is 5.91 Å². The van der Waals surface area contributed by atoms with Crippen LogP contribution < -0.4 is 5.32 Å². The number of anilines is 1. The maximum Gasteiger partial charge on any atom is 0.325 e. The Labute approximate surface area is 192 Å². The first-order valence-electron chi connectivity index (χ1n) is 11.4. The van der Waals surface area contributed by atoms with E-state index in [0.717, 1.165) is 30.5 Å². The largest absolute Gasteiger partial charge is 0.481 e. The summed E-state index contributed by atoms with van der Waals surface area (Å²) in [5, 5.41) is 23.0. The van der Waals surface area contributed by atoms with E-state index in [9.17, 15) is 24.6 Å². The predicted molar refractivity (Wildman–Crippen MR) is 124 cm³/mol. The van der Waals surface area contributed by atoms with Crippen LogP contribution in [0.3, 0.4) is 0 Å². The van der Waals surface area contributed by atoms with Crippen LogP contribution in [0.5, 0.6) is 0 Å². The van der Waals surface area contributed by atoms with Gasteiger partial charge in [-0.25, -0.2) is 0 Å². The molecule has 1 aromatic heterocycles. The van der Waals surface area contributed by atoms with Crippen LogP contribution in [0, 0.1) is 11.8 Å². The van der Waals surface area contributed by atoms with E-state index in [2.05, 4.69) is 22.1 Å². The van der Waals surface area contributed by atoms with Gasteiger partial charge in [0.05, 0.1) is 11.8 Å². The zero-order valence-corrected chi connectivity index (χ0v) is 18.7. The summed E-state index contributed by atoms with van der Waals surface area (Å²) in [6.45, 7) is 6.11. The number of fused-ring (bicyclic) bond motifs is 1. The number of benzene rings is 1. The highest BCUT2D eigenvalue weighted by Crippen LogP contribution is 2.32. The molecule has 1 saturated heterocycles. The molecule has 1 aromatic carbocycles. The normalized spacial score (nSPS) is 22.8. The molecule has 1 fully saturated rings. The molecule has 4 rings (SSSR count). The zero-order valence-electron chi connectivity index (χ0n) is 18.7. The van der Waals surface area contributed by atoms with Crippen LogP contribution in [0.15, 0.2) is 36.5 Å². The number of H-pyrrole nitrogens is 1. The number of likely N-dealkylation sites (N-methyl/N-ethyl adjacent to an activating group) is 1. The molecule has 1 aliphatic carbocycles. The van der Waals surface area contributed by atoms with Crippen molar-refractivity contribution in [1.82, 2.24) is 14.8 Å². The van der Waals surface area contributed by atoms with E-state index in [4.69, 9.17) is 0 Å². The third kappa shape index (κ3) is 4.79. The van der Waals surface area contributed by atoms with Crippen LogP contribution in [0.2, 0.25) is 0 Å². The molecule has 3 atom stereocenters. The predicted octanol–water partition coefficient (Wildman–Crippen LogP) is 2.54. The summed E-state index contributed by atoms with van der Waals surface area (Å²) in [6, 6.07) is 4.56. The first kappa shape index (κ1) is 23.0. The Balaban J connectivity index is 1.53. The number of aliphatic carboxylic acids is 2. The summed E-state index contributed by atoms with van der Waals surface area (Å²) in [4.78, 5) is 43.9. The Morgan fingerprint density at radius 2 is 1.79 bits per heavy atom. The lowest BCUT2D eigenvalue weighted by Gasteiger charge is -2.37. The molecule has 9 heteroatoms. The second kappa shape index (κ2) is 9.76. The fraction of sp³-hybridized carbons (Fsp3) is 0.458. The van der Waals surface area contributed by atoms with Gasteiger partial charge < -0.3 is 25.4 Å². The number of hydrogen-bond acceptors (Lipinski definition) is 5. The van der Waals surface area contributed by atoms with Crippen LogP contribution in [0.25, 0.3) is 10.9 Å². The number of rotatable bonds is 7. The maximum absolute atomic E-state index is 12.8. The van der Waals surface area contributed by atoms with Gasteiger partial charge in [-0.05, 0) is 31.5 Å². The lowest BCUT2D eigenvalue weighted by Crippen LogP contribution is -2.49. The lowest BCUT2D eigenvalue weighted by atomic mass is 9.82. The molecule has 1 amide bonds. The van der Waals surface area contributed by atoms with Crippen molar-refractivity contribution < 1.29 is 24.6 Å². The number of nitrogens with one attached hydrogen (secondary N) is 2. The van der Waals surface area contributed by atoms with Gasteiger partial charge in [0, 0.05) is 54.5 Å². The molecule has 2 aliphatic rings. The number of amides is 1. The van der Waals surface area contributed by atoms with Gasteiger partial charge in [0.15, 0.2) is 0 Å². The van der Waals surface area contributed by atoms with Crippen LogP contribution in [0.4, 0.5) is 5.69 Å². The smallest absolute Gasteiger partial charge is 0.325 e. The van der Waals surface area contributed by atoms with Gasteiger partial charge in [-0.1, -0.05) is 25.1 Å². The fourth-order valence-corrected chi connectivity index (χ4v) is 4.89. The van der Waals surface area contributed by atoms with E-state index < -0.39 is 29.8 Å². The summed E-state index contributed by atoms with van der Waals surface area (Å²) in [7, 11) is 0. The quantitative estimate of drug-likeness (QED) is 0.474. The molecular formula is C24H30N4O5. The standard InChI is InChI=1S/C24H30N4O5/c1-2-27-9-11-28(12-10-27)21(24(32)33)19-14-25-20-13-15(7-8-16(19)20)26-22(29)17-5-3-4-6-18(17)23(30)31/h3-4,7-8,13-14,17-18,21,25H,2,5-6,9-12H2,1H3,(H,26,29)(H,30,31)(H,32,33)/t17-,18+,21-/m1/s1. The third-order valence-corrected chi connectivity index (χ3v) is 6.82. The minimum absolute atomic E-state index is 0.324. The van der Waals surface area contributed by atoms with Gasteiger partial charge in [-0.2, -0.15) is 0 Å².